The van der Waals surface area contributed by atoms with Gasteiger partial charge in [0.05, 0.1) is 5.54 Å². The van der Waals surface area contributed by atoms with Gasteiger partial charge in [-0.2, -0.15) is 0 Å². The molecule has 3 unspecified atom stereocenters. The fraction of sp³-hybridized carbons (Fsp3) is 0.929. The van der Waals surface area contributed by atoms with Crippen LogP contribution in [-0.2, 0) is 4.79 Å². The van der Waals surface area contributed by atoms with Gasteiger partial charge in [-0.3, -0.25) is 9.69 Å². The fourth-order valence-electron chi connectivity index (χ4n) is 3.34. The van der Waals surface area contributed by atoms with Crippen molar-refractivity contribution in [3.63, 3.8) is 0 Å². The third kappa shape index (κ3) is 3.09. The van der Waals surface area contributed by atoms with Crippen LogP contribution in [0.4, 0.5) is 0 Å². The summed E-state index contributed by atoms with van der Waals surface area (Å²) in [5, 5.41) is 3.06. The highest BCUT2D eigenvalue weighted by atomic mass is 16.1. The van der Waals surface area contributed by atoms with E-state index in [4.69, 9.17) is 5.73 Å². The number of primary amides is 1. The van der Waals surface area contributed by atoms with Crippen molar-refractivity contribution < 1.29 is 4.79 Å². The predicted octanol–water partition coefficient (Wildman–Crippen LogP) is 0.00840. The summed E-state index contributed by atoms with van der Waals surface area (Å²) < 4.78 is 0. The summed E-state index contributed by atoms with van der Waals surface area (Å²) in [4.78, 5) is 16.6. The van der Waals surface area contributed by atoms with Crippen molar-refractivity contribution in [1.29, 1.82) is 0 Å². The lowest BCUT2D eigenvalue weighted by molar-refractivity contribution is -0.124. The largest absolute Gasteiger partial charge is 0.368 e. The molecule has 2 aliphatic rings. The third-order valence-corrected chi connectivity index (χ3v) is 5.26. The highest BCUT2D eigenvalue weighted by Crippen LogP contribution is 2.28. The Kier molecular flexibility index (Phi) is 4.48. The van der Waals surface area contributed by atoms with Crippen LogP contribution in [0.1, 0.15) is 32.6 Å². The number of nitrogens with two attached hydrogens (primary N) is 1. The van der Waals surface area contributed by atoms with Gasteiger partial charge in [-0.05, 0) is 53.2 Å². The zero-order valence-electron chi connectivity index (χ0n) is 12.5. The quantitative estimate of drug-likeness (QED) is 0.737. The van der Waals surface area contributed by atoms with Crippen molar-refractivity contribution in [3.8, 4) is 0 Å². The van der Waals surface area contributed by atoms with Gasteiger partial charge in [0.25, 0.3) is 0 Å². The first-order valence-electron chi connectivity index (χ1n) is 7.39. The highest BCUT2D eigenvalue weighted by Gasteiger charge is 2.35. The van der Waals surface area contributed by atoms with Gasteiger partial charge in [-0.1, -0.05) is 0 Å². The molecule has 0 aromatic rings. The minimum Gasteiger partial charge on any atom is -0.368 e. The lowest BCUT2D eigenvalue weighted by Crippen LogP contribution is -2.53. The number of rotatable bonds is 5. The number of hydrogen-bond donors (Lipinski definition) is 2. The minimum absolute atomic E-state index is 0.261. The second-order valence-electron chi connectivity index (χ2n) is 6.34. The van der Waals surface area contributed by atoms with Crippen LogP contribution in [0.2, 0.25) is 0 Å². The molecule has 3 atom stereocenters. The molecule has 0 aromatic heterocycles. The average Bonchev–Trinajstić information content (AvgIpc) is 2.62. The van der Waals surface area contributed by atoms with E-state index >= 15 is 0 Å². The molecule has 3 N–H and O–H groups in total. The van der Waals surface area contributed by atoms with E-state index in [-0.39, 0.29) is 5.91 Å². The van der Waals surface area contributed by atoms with E-state index in [1.165, 1.54) is 19.3 Å². The van der Waals surface area contributed by atoms with Gasteiger partial charge in [-0.25, -0.2) is 0 Å². The molecule has 2 saturated heterocycles. The monoisotopic (exact) mass is 268 g/mol. The zero-order chi connectivity index (χ0) is 14.0. The summed E-state index contributed by atoms with van der Waals surface area (Å²) in [5.41, 5.74) is 4.90. The van der Waals surface area contributed by atoms with E-state index < -0.39 is 5.54 Å². The van der Waals surface area contributed by atoms with E-state index in [2.05, 4.69) is 22.2 Å². The molecule has 0 aliphatic carbocycles. The Balaban J connectivity index is 1.88. The molecule has 5 heteroatoms. The van der Waals surface area contributed by atoms with E-state index in [0.717, 1.165) is 32.1 Å². The molecule has 0 radical (unpaired) electrons. The first kappa shape index (κ1) is 14.8. The predicted molar refractivity (Wildman–Crippen MR) is 76.9 cm³/mol. The molecule has 19 heavy (non-hydrogen) atoms. The van der Waals surface area contributed by atoms with Crippen LogP contribution in [0.3, 0.4) is 0 Å². The van der Waals surface area contributed by atoms with Crippen molar-refractivity contribution in [3.05, 3.63) is 0 Å². The molecule has 2 aliphatic heterocycles. The van der Waals surface area contributed by atoms with E-state index in [0.29, 0.717) is 6.04 Å². The molecule has 0 spiro atoms. The Morgan fingerprint density at radius 1 is 1.37 bits per heavy atom. The molecular formula is C14H28N4O. The standard InChI is InChI=1S/C14H28N4O/c1-14(16-2,13(15)19)7-9-18-8-6-11-4-5-12(10-18)17(11)3/h11-12,16H,4-10H2,1-3H3,(H2,15,19). The topological polar surface area (TPSA) is 61.6 Å². The highest BCUT2D eigenvalue weighted by molar-refractivity contribution is 5.84. The van der Waals surface area contributed by atoms with Crippen LogP contribution in [0, 0.1) is 0 Å². The van der Waals surface area contributed by atoms with E-state index in [1.54, 1.807) is 0 Å². The number of nitrogens with one attached hydrogen (secondary N) is 1. The fourth-order valence-corrected chi connectivity index (χ4v) is 3.34. The number of carbonyl (C=O) groups excluding carboxylic acids is 1. The average molecular weight is 268 g/mol. The number of fused-ring (bicyclic) bond motifs is 2. The lowest BCUT2D eigenvalue weighted by atomic mass is 9.96. The van der Waals surface area contributed by atoms with Crippen molar-refractivity contribution in [2.45, 2.75) is 50.2 Å². The Bertz CT molecular complexity index is 335. The second kappa shape index (κ2) is 5.77. The number of likely N-dealkylation sites (tertiary alicyclic amines) is 1. The lowest BCUT2D eigenvalue weighted by Gasteiger charge is -2.31. The molecule has 0 aromatic carbocycles. The van der Waals surface area contributed by atoms with Gasteiger partial charge < -0.3 is 16.0 Å². The van der Waals surface area contributed by atoms with Gasteiger partial charge >= 0.3 is 0 Å². The van der Waals surface area contributed by atoms with E-state index in [1.807, 2.05) is 14.0 Å². The molecule has 1 amide bonds. The maximum atomic E-state index is 11.5. The minimum atomic E-state index is -0.586. The molecule has 110 valence electrons. The van der Waals surface area contributed by atoms with E-state index in [9.17, 15) is 4.79 Å². The molecular weight excluding hydrogens is 240 g/mol. The second-order valence-corrected chi connectivity index (χ2v) is 6.34. The number of likely N-dealkylation sites (N-methyl/N-ethyl adjacent to an activating group) is 2. The summed E-state index contributed by atoms with van der Waals surface area (Å²) in [6.45, 7) is 5.11. The van der Waals surface area contributed by atoms with Crippen LogP contribution >= 0.6 is 0 Å². The van der Waals surface area contributed by atoms with Crippen molar-refractivity contribution in [2.75, 3.05) is 33.7 Å². The maximum absolute atomic E-state index is 11.5. The number of nitrogens with zero attached hydrogens (tertiary/aromatic N) is 2. The summed E-state index contributed by atoms with van der Waals surface area (Å²) >= 11 is 0. The Morgan fingerprint density at radius 3 is 2.68 bits per heavy atom. The van der Waals surface area contributed by atoms with Crippen molar-refractivity contribution in [2.24, 2.45) is 5.73 Å². The Labute approximate surface area is 116 Å². The molecule has 5 nitrogen and oxygen atoms in total. The van der Waals surface area contributed by atoms with Gasteiger partial charge in [0.15, 0.2) is 0 Å². The van der Waals surface area contributed by atoms with Gasteiger partial charge in [0, 0.05) is 25.2 Å². The van der Waals surface area contributed by atoms with Crippen molar-refractivity contribution in [1.82, 2.24) is 15.1 Å². The van der Waals surface area contributed by atoms with Gasteiger partial charge in [0.2, 0.25) is 5.91 Å². The first-order chi connectivity index (χ1) is 8.96. The maximum Gasteiger partial charge on any atom is 0.237 e. The van der Waals surface area contributed by atoms with Gasteiger partial charge in [-0.15, -0.1) is 0 Å². The molecule has 0 saturated carbocycles. The Morgan fingerprint density at radius 2 is 2.05 bits per heavy atom. The SMILES string of the molecule is CNC(C)(CCN1CCC2CCC(C1)N2C)C(N)=O. The molecule has 2 bridgehead atoms. The van der Waals surface area contributed by atoms with Crippen LogP contribution < -0.4 is 11.1 Å². The summed E-state index contributed by atoms with van der Waals surface area (Å²) in [6, 6.07) is 1.46. The molecule has 2 fully saturated rings. The van der Waals surface area contributed by atoms with Crippen LogP contribution in [0.15, 0.2) is 0 Å². The summed E-state index contributed by atoms with van der Waals surface area (Å²) in [7, 11) is 4.07. The number of carbonyl (C=O) groups is 1. The zero-order valence-corrected chi connectivity index (χ0v) is 12.5. The molecule has 2 heterocycles. The molecule has 2 rings (SSSR count). The normalized spacial score (nSPS) is 31.9. The van der Waals surface area contributed by atoms with Crippen LogP contribution in [0.25, 0.3) is 0 Å². The summed E-state index contributed by atoms with van der Waals surface area (Å²) in [5.74, 6) is -0.261. The number of amides is 1. The van der Waals surface area contributed by atoms with Gasteiger partial charge in [0.1, 0.15) is 0 Å². The van der Waals surface area contributed by atoms with Crippen LogP contribution in [-0.4, -0.2) is 67.1 Å². The third-order valence-electron chi connectivity index (χ3n) is 5.26. The smallest absolute Gasteiger partial charge is 0.237 e. The first-order valence-corrected chi connectivity index (χ1v) is 7.39. The Hall–Kier alpha value is -0.650. The summed E-state index contributed by atoms with van der Waals surface area (Å²) in [6.07, 6.45) is 4.70. The number of hydrogen-bond acceptors (Lipinski definition) is 4. The van der Waals surface area contributed by atoms with Crippen molar-refractivity contribution >= 4 is 5.91 Å². The van der Waals surface area contributed by atoms with Crippen LogP contribution in [0.5, 0.6) is 0 Å².